The fourth-order valence-corrected chi connectivity index (χ4v) is 5.40. The summed E-state index contributed by atoms with van der Waals surface area (Å²) in [5.41, 5.74) is 1.80. The predicted molar refractivity (Wildman–Crippen MR) is 166 cm³/mol. The minimum Gasteiger partial charge on any atom is -0.492 e. The summed E-state index contributed by atoms with van der Waals surface area (Å²) in [4.78, 5) is 26.7. The Balaban J connectivity index is 1.37. The molecule has 0 saturated carbocycles. The highest BCUT2D eigenvalue weighted by Gasteiger charge is 2.31. The van der Waals surface area contributed by atoms with E-state index in [1.165, 1.54) is 18.2 Å². The molecule has 0 radical (unpaired) electrons. The van der Waals surface area contributed by atoms with Crippen LogP contribution < -0.4 is 4.74 Å². The van der Waals surface area contributed by atoms with E-state index in [-0.39, 0.29) is 42.1 Å². The highest BCUT2D eigenvalue weighted by atomic mass is 19.4. The molecule has 0 spiro atoms. The lowest BCUT2D eigenvalue weighted by molar-refractivity contribution is -0.125. The molecule has 12 heteroatoms. The van der Waals surface area contributed by atoms with Crippen molar-refractivity contribution in [1.82, 2.24) is 20.0 Å². The molecule has 2 N–H and O–H groups in total. The van der Waals surface area contributed by atoms with E-state index in [2.05, 4.69) is 10.2 Å². The van der Waals surface area contributed by atoms with Crippen LogP contribution in [0, 0.1) is 5.95 Å². The molecule has 0 aliphatic carbocycles. The molecule has 1 saturated heterocycles. The second-order valence-corrected chi connectivity index (χ2v) is 10.8. The minimum atomic E-state index is -4.53. The Morgan fingerprint density at radius 3 is 2.35 bits per heavy atom. The summed E-state index contributed by atoms with van der Waals surface area (Å²) in [6.45, 7) is 1.43. The topological polar surface area (TPSA) is 98.8 Å². The van der Waals surface area contributed by atoms with Crippen LogP contribution >= 0.6 is 0 Å². The molecule has 1 fully saturated rings. The number of aromatic amines is 1. The fourth-order valence-electron chi connectivity index (χ4n) is 5.40. The van der Waals surface area contributed by atoms with E-state index in [4.69, 9.17) is 4.74 Å². The first-order valence-corrected chi connectivity index (χ1v) is 14.7. The number of rotatable bonds is 11. The third-order valence-corrected chi connectivity index (χ3v) is 7.64. The number of allylic oxidation sites excluding steroid dienone is 1. The first-order chi connectivity index (χ1) is 22.1. The number of hydrogen-bond donors (Lipinski definition) is 2. The number of hydrogen-bond acceptors (Lipinski definition) is 4. The van der Waals surface area contributed by atoms with E-state index >= 15 is 0 Å². The summed E-state index contributed by atoms with van der Waals surface area (Å²) >= 11 is 0. The summed E-state index contributed by atoms with van der Waals surface area (Å²) in [7, 11) is 0. The van der Waals surface area contributed by atoms with E-state index in [0.29, 0.717) is 41.0 Å². The number of likely N-dealkylation sites (tertiary alicyclic amines) is 1. The smallest absolute Gasteiger partial charge is 0.407 e. The van der Waals surface area contributed by atoms with Gasteiger partial charge >= 0.3 is 12.3 Å². The van der Waals surface area contributed by atoms with Crippen LogP contribution in [-0.4, -0.2) is 76.1 Å². The number of alkyl halides is 3. The number of H-pyrrole nitrogens is 1. The third-order valence-electron chi connectivity index (χ3n) is 7.64. The molecule has 240 valence electrons. The van der Waals surface area contributed by atoms with Crippen molar-refractivity contribution in [2.45, 2.75) is 25.4 Å². The molecule has 2 heterocycles. The van der Waals surface area contributed by atoms with E-state index in [0.717, 1.165) is 17.7 Å². The Morgan fingerprint density at radius 2 is 1.67 bits per heavy atom. The standard InChI is InChI=1S/C34H32F4N4O4/c35-32-27-21-25(12-15-29(27)39-40-32)31(28(22-34(36,37)38)23-7-2-1-3-8-23)24-10-13-26(14-11-24)46-20-19-42(33(44)45)18-6-9-30(43)41-16-4-5-17-41/h1-3,6-15,21H,4-5,16-20,22H2,(H,39,40)(H,44,45)/b9-6+,31-28+. The molecule has 0 unspecified atom stereocenters. The van der Waals surface area contributed by atoms with Crippen molar-refractivity contribution in [2.24, 2.45) is 0 Å². The summed E-state index contributed by atoms with van der Waals surface area (Å²) < 4.78 is 62.1. The van der Waals surface area contributed by atoms with Crippen molar-refractivity contribution in [2.75, 3.05) is 32.8 Å². The van der Waals surface area contributed by atoms with Gasteiger partial charge in [0.05, 0.1) is 23.9 Å². The highest BCUT2D eigenvalue weighted by molar-refractivity contribution is 6.00. The summed E-state index contributed by atoms with van der Waals surface area (Å²) in [5, 5.41) is 15.9. The van der Waals surface area contributed by atoms with Gasteiger partial charge in [0.1, 0.15) is 12.4 Å². The molecule has 4 aromatic rings. The molecule has 8 nitrogen and oxygen atoms in total. The quantitative estimate of drug-likeness (QED) is 0.104. The maximum atomic E-state index is 14.4. The molecular weight excluding hydrogens is 604 g/mol. The van der Waals surface area contributed by atoms with Crippen molar-refractivity contribution < 1.29 is 37.0 Å². The van der Waals surface area contributed by atoms with Crippen LogP contribution in [0.25, 0.3) is 22.0 Å². The lowest BCUT2D eigenvalue weighted by Crippen LogP contribution is -2.33. The SMILES string of the molecule is O=C(O)N(C/C=C/C(=O)N1CCCC1)CCOc1ccc(/C(=C(/CC(F)(F)F)c2ccccc2)c2ccc3n[nH]c(F)c3c2)cc1. The van der Waals surface area contributed by atoms with Crippen LogP contribution in [0.1, 0.15) is 36.0 Å². The maximum Gasteiger partial charge on any atom is 0.407 e. The van der Waals surface area contributed by atoms with Gasteiger partial charge in [-0.2, -0.15) is 22.7 Å². The third kappa shape index (κ3) is 8.12. The Morgan fingerprint density at radius 1 is 0.978 bits per heavy atom. The Kier molecular flexibility index (Phi) is 10.0. The molecule has 1 aliphatic heterocycles. The van der Waals surface area contributed by atoms with Crippen molar-refractivity contribution in [1.29, 1.82) is 0 Å². The largest absolute Gasteiger partial charge is 0.492 e. The number of carbonyl (C=O) groups is 2. The van der Waals surface area contributed by atoms with E-state index in [9.17, 15) is 32.3 Å². The van der Waals surface area contributed by atoms with Gasteiger partial charge < -0.3 is 19.6 Å². The summed E-state index contributed by atoms with van der Waals surface area (Å²) in [6.07, 6.45) is -2.12. The number of benzene rings is 3. The average molecular weight is 637 g/mol. The zero-order valence-corrected chi connectivity index (χ0v) is 24.8. The van der Waals surface area contributed by atoms with Crippen LogP contribution in [0.15, 0.2) is 84.9 Å². The van der Waals surface area contributed by atoms with Gasteiger partial charge in [0.25, 0.3) is 0 Å². The molecular formula is C34H32F4N4O4. The van der Waals surface area contributed by atoms with Crippen LogP contribution in [0.5, 0.6) is 5.75 Å². The zero-order valence-electron chi connectivity index (χ0n) is 24.8. The lowest BCUT2D eigenvalue weighted by Gasteiger charge is -2.20. The Hall–Kier alpha value is -5.13. The molecule has 2 amide bonds. The monoisotopic (exact) mass is 636 g/mol. The molecule has 3 aromatic carbocycles. The minimum absolute atomic E-state index is 0.00201. The average Bonchev–Trinajstić information content (AvgIpc) is 3.71. The summed E-state index contributed by atoms with van der Waals surface area (Å²) in [5.74, 6) is -0.462. The van der Waals surface area contributed by atoms with Crippen LogP contribution in [0.2, 0.25) is 0 Å². The molecule has 1 aromatic heterocycles. The van der Waals surface area contributed by atoms with Crippen LogP contribution in [-0.2, 0) is 4.79 Å². The number of carboxylic acid groups (broad SMARTS) is 1. The fraction of sp³-hybridized carbons (Fsp3) is 0.265. The first kappa shape index (κ1) is 32.3. The number of nitrogens with zero attached hydrogens (tertiary/aromatic N) is 3. The second kappa shape index (κ2) is 14.3. The normalized spacial score (nSPS) is 14.1. The van der Waals surface area contributed by atoms with E-state index in [1.807, 2.05) is 0 Å². The molecule has 1 aliphatic rings. The maximum absolute atomic E-state index is 14.4. The number of ether oxygens (including phenoxy) is 1. The predicted octanol–water partition coefficient (Wildman–Crippen LogP) is 7.15. The van der Waals surface area contributed by atoms with Gasteiger partial charge in [-0.3, -0.25) is 9.89 Å². The van der Waals surface area contributed by atoms with E-state index < -0.39 is 24.6 Å². The van der Waals surface area contributed by atoms with Gasteiger partial charge in [-0.05, 0) is 64.9 Å². The first-order valence-electron chi connectivity index (χ1n) is 14.7. The van der Waals surface area contributed by atoms with Crippen LogP contribution in [0.3, 0.4) is 0 Å². The van der Waals surface area contributed by atoms with Crippen LogP contribution in [0.4, 0.5) is 22.4 Å². The van der Waals surface area contributed by atoms with Gasteiger partial charge in [0, 0.05) is 25.7 Å². The van der Waals surface area contributed by atoms with Crippen molar-refractivity contribution >= 4 is 34.0 Å². The van der Waals surface area contributed by atoms with Crippen molar-refractivity contribution in [3.63, 3.8) is 0 Å². The Bertz CT molecular complexity index is 1730. The zero-order chi connectivity index (χ0) is 32.7. The number of fused-ring (bicyclic) bond motifs is 1. The number of nitrogens with one attached hydrogen (secondary N) is 1. The number of amides is 2. The van der Waals surface area contributed by atoms with Gasteiger partial charge in [0.15, 0.2) is 0 Å². The van der Waals surface area contributed by atoms with Gasteiger partial charge in [0.2, 0.25) is 11.9 Å². The van der Waals surface area contributed by atoms with Crippen molar-refractivity contribution in [3.05, 3.63) is 108 Å². The highest BCUT2D eigenvalue weighted by Crippen LogP contribution is 2.40. The molecule has 46 heavy (non-hydrogen) atoms. The molecule has 5 rings (SSSR count). The molecule has 0 atom stereocenters. The van der Waals surface area contributed by atoms with Gasteiger partial charge in [-0.25, -0.2) is 4.79 Å². The number of aromatic nitrogens is 2. The second-order valence-electron chi connectivity index (χ2n) is 10.8. The van der Waals surface area contributed by atoms with E-state index in [1.54, 1.807) is 71.6 Å². The van der Waals surface area contributed by atoms with Gasteiger partial charge in [-0.15, -0.1) is 0 Å². The van der Waals surface area contributed by atoms with Gasteiger partial charge in [-0.1, -0.05) is 54.6 Å². The number of carbonyl (C=O) groups excluding carboxylic acids is 1. The van der Waals surface area contributed by atoms with Crippen molar-refractivity contribution in [3.8, 4) is 5.75 Å². The lowest BCUT2D eigenvalue weighted by atomic mass is 9.87. The number of halogens is 4. The molecule has 0 bridgehead atoms. The summed E-state index contributed by atoms with van der Waals surface area (Å²) in [6, 6.07) is 19.2. The Labute approximate surface area is 262 Å².